The highest BCUT2D eigenvalue weighted by Gasteiger charge is 2.20. The van der Waals surface area contributed by atoms with Crippen molar-refractivity contribution in [3.05, 3.63) is 28.2 Å². The number of nitrogens with zero attached hydrogens (tertiary/aromatic N) is 1. The third-order valence-electron chi connectivity index (χ3n) is 3.64. The molecule has 6 heteroatoms. The van der Waals surface area contributed by atoms with E-state index in [1.54, 1.807) is 18.2 Å². The predicted molar refractivity (Wildman–Crippen MR) is 84.4 cm³/mol. The van der Waals surface area contributed by atoms with Gasteiger partial charge < -0.3 is 19.5 Å². The van der Waals surface area contributed by atoms with Crippen LogP contribution in [0.5, 0.6) is 5.75 Å². The number of benzene rings is 1. The molecule has 1 aromatic carbocycles. The van der Waals surface area contributed by atoms with Crippen molar-refractivity contribution in [1.29, 1.82) is 0 Å². The summed E-state index contributed by atoms with van der Waals surface area (Å²) in [4.78, 5) is 2.17. The molecule has 0 radical (unpaired) electrons. The average molecular weight is 334 g/mol. The smallest absolute Gasteiger partial charge is 0.138 e. The Balaban J connectivity index is 1.77. The zero-order valence-corrected chi connectivity index (χ0v) is 13.6. The lowest BCUT2D eigenvalue weighted by Gasteiger charge is -2.32. The zero-order valence-electron chi connectivity index (χ0n) is 12.1. The second-order valence-electron chi connectivity index (χ2n) is 5.32. The Morgan fingerprint density at radius 1 is 1.38 bits per heavy atom. The molecule has 0 aromatic heterocycles. The number of hydrogen-bond donors (Lipinski definition) is 1. The van der Waals surface area contributed by atoms with Crippen molar-refractivity contribution in [2.75, 3.05) is 33.4 Å². The molecule has 0 bridgehead atoms. The highest BCUT2D eigenvalue weighted by Crippen LogP contribution is 2.27. The normalized spacial score (nSPS) is 18.0. The van der Waals surface area contributed by atoms with Crippen LogP contribution >= 0.6 is 23.2 Å². The van der Waals surface area contributed by atoms with Crippen LogP contribution in [0.25, 0.3) is 0 Å². The van der Waals surface area contributed by atoms with Gasteiger partial charge in [-0.15, -0.1) is 0 Å². The number of likely N-dealkylation sites (N-methyl/N-ethyl adjacent to an activating group) is 1. The minimum absolute atomic E-state index is 0.203. The highest BCUT2D eigenvalue weighted by atomic mass is 35.5. The summed E-state index contributed by atoms with van der Waals surface area (Å²) in [6.07, 6.45) is 1.45. The Labute approximate surface area is 135 Å². The van der Waals surface area contributed by atoms with E-state index in [1.165, 1.54) is 0 Å². The van der Waals surface area contributed by atoms with Crippen molar-refractivity contribution in [3.63, 3.8) is 0 Å². The van der Waals surface area contributed by atoms with Crippen molar-refractivity contribution in [1.82, 2.24) is 4.90 Å². The summed E-state index contributed by atoms with van der Waals surface area (Å²) >= 11 is 11.9. The molecule has 1 atom stereocenters. The Bertz CT molecular complexity index is 453. The number of hydrogen-bond acceptors (Lipinski definition) is 4. The molecule has 0 spiro atoms. The van der Waals surface area contributed by atoms with Crippen LogP contribution in [0.4, 0.5) is 0 Å². The van der Waals surface area contributed by atoms with Gasteiger partial charge in [-0.05, 0) is 38.1 Å². The molecule has 1 saturated heterocycles. The van der Waals surface area contributed by atoms with Gasteiger partial charge in [-0.2, -0.15) is 0 Å². The van der Waals surface area contributed by atoms with Crippen molar-refractivity contribution < 1.29 is 14.6 Å². The monoisotopic (exact) mass is 333 g/mol. The largest absolute Gasteiger partial charge is 0.489 e. The molecular weight excluding hydrogens is 313 g/mol. The van der Waals surface area contributed by atoms with Gasteiger partial charge in [0.2, 0.25) is 0 Å². The molecule has 1 aliphatic heterocycles. The maximum Gasteiger partial charge on any atom is 0.138 e. The van der Waals surface area contributed by atoms with Crippen molar-refractivity contribution in [2.45, 2.75) is 25.0 Å². The standard InChI is InChI=1S/C15H21Cl2NO3/c1-18(12-4-6-20-7-5-12)9-13(19)10-21-15-3-2-11(16)8-14(15)17/h2-3,8,12-13,19H,4-7,9-10H2,1H3. The van der Waals surface area contributed by atoms with Crippen molar-refractivity contribution in [2.24, 2.45) is 0 Å². The lowest BCUT2D eigenvalue weighted by molar-refractivity contribution is 0.0159. The molecule has 1 aromatic rings. The maximum absolute atomic E-state index is 10.1. The van der Waals surface area contributed by atoms with Gasteiger partial charge in [0.15, 0.2) is 0 Å². The molecule has 1 heterocycles. The Kier molecular flexibility index (Phi) is 6.58. The Morgan fingerprint density at radius 3 is 2.76 bits per heavy atom. The topological polar surface area (TPSA) is 41.9 Å². The molecule has 0 amide bonds. The van der Waals surface area contributed by atoms with Gasteiger partial charge in [-0.3, -0.25) is 0 Å². The molecule has 21 heavy (non-hydrogen) atoms. The fourth-order valence-electron chi connectivity index (χ4n) is 2.44. The van der Waals surface area contributed by atoms with Crippen LogP contribution in [0, 0.1) is 0 Å². The quantitative estimate of drug-likeness (QED) is 0.869. The van der Waals surface area contributed by atoms with Crippen LogP contribution in [0.2, 0.25) is 10.0 Å². The van der Waals surface area contributed by atoms with Gasteiger partial charge in [0.1, 0.15) is 18.5 Å². The van der Waals surface area contributed by atoms with E-state index in [1.807, 2.05) is 7.05 Å². The van der Waals surface area contributed by atoms with Crippen LogP contribution in [0.15, 0.2) is 18.2 Å². The summed E-state index contributed by atoms with van der Waals surface area (Å²) in [5.41, 5.74) is 0. The molecular formula is C15H21Cl2NO3. The highest BCUT2D eigenvalue weighted by molar-refractivity contribution is 6.35. The molecule has 1 fully saturated rings. The first-order valence-electron chi connectivity index (χ1n) is 7.10. The first kappa shape index (κ1) is 16.8. The van der Waals surface area contributed by atoms with Crippen LogP contribution in [-0.2, 0) is 4.74 Å². The van der Waals surface area contributed by atoms with Gasteiger partial charge >= 0.3 is 0 Å². The number of aliphatic hydroxyl groups excluding tert-OH is 1. The summed E-state index contributed by atoms with van der Waals surface area (Å²) in [6.45, 7) is 2.36. The van der Waals surface area contributed by atoms with Crippen molar-refractivity contribution >= 4 is 23.2 Å². The molecule has 1 unspecified atom stereocenters. The van der Waals surface area contributed by atoms with E-state index in [-0.39, 0.29) is 6.61 Å². The second kappa shape index (κ2) is 8.20. The third-order valence-corrected chi connectivity index (χ3v) is 4.17. The van der Waals surface area contributed by atoms with E-state index in [0.29, 0.717) is 28.4 Å². The van der Waals surface area contributed by atoms with E-state index in [2.05, 4.69) is 4.90 Å². The van der Waals surface area contributed by atoms with Crippen LogP contribution in [0.1, 0.15) is 12.8 Å². The lowest BCUT2D eigenvalue weighted by atomic mass is 10.1. The summed E-state index contributed by atoms with van der Waals surface area (Å²) in [7, 11) is 2.02. The molecule has 0 aliphatic carbocycles. The SMILES string of the molecule is CN(CC(O)COc1ccc(Cl)cc1Cl)C1CCOCC1. The average Bonchev–Trinajstić information content (AvgIpc) is 2.47. The van der Waals surface area contributed by atoms with Gasteiger partial charge in [-0.1, -0.05) is 23.2 Å². The zero-order chi connectivity index (χ0) is 15.2. The minimum Gasteiger partial charge on any atom is -0.489 e. The lowest BCUT2D eigenvalue weighted by Crippen LogP contribution is -2.42. The van der Waals surface area contributed by atoms with E-state index in [0.717, 1.165) is 26.1 Å². The molecule has 1 aliphatic rings. The molecule has 0 saturated carbocycles. The Morgan fingerprint density at radius 2 is 2.10 bits per heavy atom. The van der Waals surface area contributed by atoms with Crippen molar-refractivity contribution in [3.8, 4) is 5.75 Å². The Hall–Kier alpha value is -0.520. The van der Waals surface area contributed by atoms with E-state index in [4.69, 9.17) is 32.7 Å². The first-order chi connectivity index (χ1) is 10.1. The van der Waals surface area contributed by atoms with Gasteiger partial charge in [-0.25, -0.2) is 0 Å². The maximum atomic E-state index is 10.1. The number of rotatable bonds is 6. The molecule has 118 valence electrons. The third kappa shape index (κ3) is 5.31. The summed E-state index contributed by atoms with van der Waals surface area (Å²) < 4.78 is 10.9. The van der Waals surface area contributed by atoms with Gasteiger partial charge in [0, 0.05) is 30.8 Å². The summed E-state index contributed by atoms with van der Waals surface area (Å²) in [5.74, 6) is 0.536. The predicted octanol–water partition coefficient (Wildman–Crippen LogP) is 2.84. The molecule has 1 N–H and O–H groups in total. The second-order valence-corrected chi connectivity index (χ2v) is 6.17. The van der Waals surface area contributed by atoms with Crippen LogP contribution in [-0.4, -0.2) is 55.6 Å². The number of ether oxygens (including phenoxy) is 2. The first-order valence-corrected chi connectivity index (χ1v) is 7.85. The van der Waals surface area contributed by atoms with Gasteiger partial charge in [0.05, 0.1) is 5.02 Å². The van der Waals surface area contributed by atoms with E-state index in [9.17, 15) is 5.11 Å². The number of aliphatic hydroxyl groups is 1. The minimum atomic E-state index is -0.565. The number of halogens is 2. The fraction of sp³-hybridized carbons (Fsp3) is 0.600. The summed E-state index contributed by atoms with van der Waals surface area (Å²) in [5, 5.41) is 11.1. The van der Waals surface area contributed by atoms with Crippen LogP contribution in [0.3, 0.4) is 0 Å². The summed E-state index contributed by atoms with van der Waals surface area (Å²) in [6, 6.07) is 5.51. The molecule has 2 rings (SSSR count). The van der Waals surface area contributed by atoms with E-state index >= 15 is 0 Å². The van der Waals surface area contributed by atoms with Crippen LogP contribution < -0.4 is 4.74 Å². The van der Waals surface area contributed by atoms with E-state index < -0.39 is 6.10 Å². The molecule has 4 nitrogen and oxygen atoms in total. The van der Waals surface area contributed by atoms with Gasteiger partial charge in [0.25, 0.3) is 0 Å². The fourth-order valence-corrected chi connectivity index (χ4v) is 2.90.